The van der Waals surface area contributed by atoms with Gasteiger partial charge in [0.05, 0.1) is 18.1 Å². The van der Waals surface area contributed by atoms with Gasteiger partial charge in [0.2, 0.25) is 0 Å². The molecule has 2 rings (SSSR count). The van der Waals surface area contributed by atoms with Gasteiger partial charge in [-0.05, 0) is 0 Å². The fourth-order valence-electron chi connectivity index (χ4n) is 3.15. The number of carbonyl (C=O) groups is 1. The van der Waals surface area contributed by atoms with Crippen LogP contribution in [-0.4, -0.2) is 91.4 Å². The van der Waals surface area contributed by atoms with E-state index >= 15 is 0 Å². The number of hydrogen-bond acceptors (Lipinski definition) is 5. The van der Waals surface area contributed by atoms with Crippen molar-refractivity contribution in [3.8, 4) is 0 Å². The van der Waals surface area contributed by atoms with Crippen molar-refractivity contribution in [2.24, 2.45) is 0 Å². The van der Waals surface area contributed by atoms with E-state index in [2.05, 4.69) is 0 Å². The summed E-state index contributed by atoms with van der Waals surface area (Å²) >= 11 is 0. The van der Waals surface area contributed by atoms with Crippen LogP contribution in [0.1, 0.15) is 6.42 Å². The lowest BCUT2D eigenvalue weighted by Gasteiger charge is -2.43. The summed E-state index contributed by atoms with van der Waals surface area (Å²) in [5, 5.41) is 8.87. The smallest absolute Gasteiger partial charge is 0.317 e. The molecule has 0 amide bonds. The maximum absolute atomic E-state index is 13.1. The van der Waals surface area contributed by atoms with Gasteiger partial charge in [0.25, 0.3) is 0 Å². The Hall–Kier alpha value is -0.940. The number of carboxylic acids is 1. The van der Waals surface area contributed by atoms with E-state index in [9.17, 15) is 30.8 Å². The zero-order valence-electron chi connectivity index (χ0n) is 12.2. The molecule has 2 atom stereocenters. The van der Waals surface area contributed by atoms with Gasteiger partial charge in [0.1, 0.15) is 0 Å². The Morgan fingerprint density at radius 1 is 1.17 bits per heavy atom. The predicted octanol–water partition coefficient (Wildman–Crippen LogP) is 0.145. The van der Waals surface area contributed by atoms with Gasteiger partial charge in [-0.3, -0.25) is 14.6 Å². The van der Waals surface area contributed by atoms with E-state index in [4.69, 9.17) is 5.11 Å². The molecule has 2 heterocycles. The van der Waals surface area contributed by atoms with Crippen LogP contribution in [0, 0.1) is 0 Å². The van der Waals surface area contributed by atoms with Crippen molar-refractivity contribution in [2.75, 3.05) is 37.7 Å². The summed E-state index contributed by atoms with van der Waals surface area (Å²) in [6, 6.07) is -1.24. The van der Waals surface area contributed by atoms with E-state index < -0.39 is 46.7 Å². The van der Waals surface area contributed by atoms with Crippen LogP contribution in [0.15, 0.2) is 0 Å². The van der Waals surface area contributed by atoms with Gasteiger partial charge in [-0.15, -0.1) is 0 Å². The van der Waals surface area contributed by atoms with E-state index in [0.717, 1.165) is 0 Å². The summed E-state index contributed by atoms with van der Waals surface area (Å²) in [5.41, 5.74) is 0. The van der Waals surface area contributed by atoms with Crippen LogP contribution in [0.4, 0.5) is 17.6 Å². The van der Waals surface area contributed by atoms with Crippen molar-refractivity contribution in [3.63, 3.8) is 0 Å². The van der Waals surface area contributed by atoms with E-state index in [1.165, 1.54) is 9.80 Å². The number of fused-ring (bicyclic) bond motifs is 1. The number of carboxylic acid groups (broad SMARTS) is 1. The summed E-state index contributed by atoms with van der Waals surface area (Å²) in [7, 11) is -3.41. The van der Waals surface area contributed by atoms with Gasteiger partial charge < -0.3 is 5.11 Å². The Kier molecular flexibility index (Phi) is 5.21. The third-order valence-corrected chi connectivity index (χ3v) is 5.99. The maximum atomic E-state index is 13.1. The zero-order chi connectivity index (χ0) is 17.4. The molecular formula is C12H18F4N2O4S. The highest BCUT2D eigenvalue weighted by molar-refractivity contribution is 7.91. The van der Waals surface area contributed by atoms with Crippen LogP contribution in [0.25, 0.3) is 0 Å². The fourth-order valence-corrected chi connectivity index (χ4v) is 5.19. The number of sulfone groups is 1. The lowest BCUT2D eigenvalue weighted by Crippen LogP contribution is -2.60. The molecule has 11 heteroatoms. The quantitative estimate of drug-likeness (QED) is 0.678. The summed E-state index contributed by atoms with van der Waals surface area (Å²) < 4.78 is 74.2. The molecule has 2 saturated heterocycles. The Morgan fingerprint density at radius 2 is 1.70 bits per heavy atom. The minimum Gasteiger partial charge on any atom is -0.480 e. The summed E-state index contributed by atoms with van der Waals surface area (Å²) in [5.74, 6) is -5.74. The van der Waals surface area contributed by atoms with E-state index in [-0.39, 0.29) is 37.7 Å². The summed E-state index contributed by atoms with van der Waals surface area (Å²) in [6.45, 7) is -0.320. The van der Waals surface area contributed by atoms with E-state index in [1.807, 2.05) is 0 Å². The topological polar surface area (TPSA) is 77.9 Å². The average Bonchev–Trinajstić information content (AvgIpc) is 2.73. The fraction of sp³-hybridized carbons (Fsp3) is 0.917. The SMILES string of the molecule is O=C(O)CN1CCN(CCC(F)(F)C(F)F)[C@@H]2CS(=O)(=O)C[C@@H]21. The minimum absolute atomic E-state index is 0.170. The molecule has 0 radical (unpaired) electrons. The minimum atomic E-state index is -4.12. The molecule has 0 unspecified atom stereocenters. The van der Waals surface area contributed by atoms with Crippen LogP contribution in [0.2, 0.25) is 0 Å². The number of aliphatic carboxylic acids is 1. The molecule has 1 N–H and O–H groups in total. The second kappa shape index (κ2) is 6.52. The van der Waals surface area contributed by atoms with E-state index in [0.29, 0.717) is 0 Å². The normalized spacial score (nSPS) is 28.9. The molecule has 0 aromatic rings. The van der Waals surface area contributed by atoms with Crippen molar-refractivity contribution in [1.29, 1.82) is 0 Å². The van der Waals surface area contributed by atoms with Crippen LogP contribution in [0.3, 0.4) is 0 Å². The third-order valence-electron chi connectivity index (χ3n) is 4.30. The molecule has 134 valence electrons. The Morgan fingerprint density at radius 3 is 2.22 bits per heavy atom. The molecule has 0 saturated carbocycles. The Balaban J connectivity index is 2.08. The van der Waals surface area contributed by atoms with Crippen LogP contribution < -0.4 is 0 Å². The maximum Gasteiger partial charge on any atom is 0.317 e. The number of hydrogen-bond donors (Lipinski definition) is 1. The highest BCUT2D eigenvalue weighted by atomic mass is 32.2. The second-order valence-corrected chi connectivity index (χ2v) is 8.08. The van der Waals surface area contributed by atoms with Gasteiger partial charge in [0.15, 0.2) is 9.84 Å². The number of rotatable bonds is 6. The molecule has 2 fully saturated rings. The highest BCUT2D eigenvalue weighted by Crippen LogP contribution is 2.30. The Bertz CT molecular complexity index is 557. The molecule has 0 aromatic heterocycles. The highest BCUT2D eigenvalue weighted by Gasteiger charge is 2.48. The molecule has 2 aliphatic heterocycles. The van der Waals surface area contributed by atoms with Crippen molar-refractivity contribution in [2.45, 2.75) is 30.9 Å². The van der Waals surface area contributed by atoms with Crippen LogP contribution in [0.5, 0.6) is 0 Å². The summed E-state index contributed by atoms with van der Waals surface area (Å²) in [6.07, 6.45) is -4.83. The monoisotopic (exact) mass is 362 g/mol. The number of halogens is 4. The van der Waals surface area contributed by atoms with Gasteiger partial charge in [-0.2, -0.15) is 0 Å². The average molecular weight is 362 g/mol. The molecule has 0 spiro atoms. The predicted molar refractivity (Wildman–Crippen MR) is 72.6 cm³/mol. The molecule has 0 aromatic carbocycles. The van der Waals surface area contributed by atoms with Crippen molar-refractivity contribution < 1.29 is 35.9 Å². The first-order valence-corrected chi connectivity index (χ1v) is 8.90. The largest absolute Gasteiger partial charge is 0.480 e. The van der Waals surface area contributed by atoms with Crippen LogP contribution >= 0.6 is 0 Å². The first-order valence-electron chi connectivity index (χ1n) is 7.08. The molecular weight excluding hydrogens is 344 g/mol. The van der Waals surface area contributed by atoms with Crippen LogP contribution in [-0.2, 0) is 14.6 Å². The van der Waals surface area contributed by atoms with Crippen molar-refractivity contribution in [3.05, 3.63) is 0 Å². The Labute approximate surface area is 131 Å². The lowest BCUT2D eigenvalue weighted by molar-refractivity contribution is -0.142. The van der Waals surface area contributed by atoms with Gasteiger partial charge >= 0.3 is 18.3 Å². The molecule has 2 aliphatic rings. The molecule has 0 aliphatic carbocycles. The third kappa shape index (κ3) is 4.32. The second-order valence-electron chi connectivity index (χ2n) is 5.92. The first-order chi connectivity index (χ1) is 10.5. The van der Waals surface area contributed by atoms with Crippen molar-refractivity contribution >= 4 is 15.8 Å². The zero-order valence-corrected chi connectivity index (χ0v) is 13.0. The lowest BCUT2D eigenvalue weighted by atomic mass is 10.0. The number of nitrogens with zero attached hydrogens (tertiary/aromatic N) is 2. The van der Waals surface area contributed by atoms with E-state index in [1.54, 1.807) is 0 Å². The van der Waals surface area contributed by atoms with Gasteiger partial charge in [-0.1, -0.05) is 0 Å². The molecule has 23 heavy (non-hydrogen) atoms. The molecule has 0 bridgehead atoms. The standard InChI is InChI=1S/C12H18F4N2O4S/c13-11(14)12(15,16)1-2-17-3-4-18(5-10(19)20)9-7-23(21,22)6-8(9)17/h8-9,11H,1-7H2,(H,19,20)/t8-,9+/m1/s1. The van der Waals surface area contributed by atoms with Crippen molar-refractivity contribution in [1.82, 2.24) is 9.80 Å². The molecule has 6 nitrogen and oxygen atoms in total. The summed E-state index contributed by atoms with van der Waals surface area (Å²) in [4.78, 5) is 13.8. The van der Waals surface area contributed by atoms with Gasteiger partial charge in [-0.25, -0.2) is 26.0 Å². The van der Waals surface area contributed by atoms with Gasteiger partial charge in [0, 0.05) is 38.1 Å². The number of alkyl halides is 4. The number of piperazine rings is 1. The first kappa shape index (κ1) is 18.4.